The number of carbonyl (C=O) groups excluding carboxylic acids is 3. The van der Waals surface area contributed by atoms with Crippen molar-refractivity contribution in [1.82, 2.24) is 9.80 Å². The van der Waals surface area contributed by atoms with Gasteiger partial charge in [-0.05, 0) is 42.3 Å². The third-order valence-electron chi connectivity index (χ3n) is 4.88. The van der Waals surface area contributed by atoms with Crippen molar-refractivity contribution in [2.24, 2.45) is 0 Å². The average Bonchev–Trinajstić information content (AvgIpc) is 2.96. The van der Waals surface area contributed by atoms with Gasteiger partial charge >= 0.3 is 0 Å². The summed E-state index contributed by atoms with van der Waals surface area (Å²) in [6, 6.07) is 12.2. The molecule has 1 aliphatic heterocycles. The van der Waals surface area contributed by atoms with Crippen molar-refractivity contribution in [3.05, 3.63) is 64.7 Å². The number of nitrogens with zero attached hydrogens (tertiary/aromatic N) is 2. The lowest BCUT2D eigenvalue weighted by Crippen LogP contribution is -2.30. The van der Waals surface area contributed by atoms with Crippen LogP contribution in [0.5, 0.6) is 5.75 Å². The van der Waals surface area contributed by atoms with Gasteiger partial charge < -0.3 is 9.64 Å². The second-order valence-corrected chi connectivity index (χ2v) is 6.89. The fourth-order valence-corrected chi connectivity index (χ4v) is 3.24. The summed E-state index contributed by atoms with van der Waals surface area (Å²) in [5.41, 5.74) is 2.04. The van der Waals surface area contributed by atoms with Crippen LogP contribution in [-0.4, -0.2) is 48.2 Å². The number of ether oxygens (including phenoxy) is 1. The number of methoxy groups -OCH3 is 1. The minimum absolute atomic E-state index is 0.203. The Morgan fingerprint density at radius 3 is 2.36 bits per heavy atom. The number of hydrogen-bond donors (Lipinski definition) is 0. The molecule has 0 saturated heterocycles. The molecule has 0 N–H and O–H groups in total. The van der Waals surface area contributed by atoms with Crippen molar-refractivity contribution in [3.8, 4) is 5.75 Å². The molecule has 6 nitrogen and oxygen atoms in total. The van der Waals surface area contributed by atoms with Gasteiger partial charge in [-0.3, -0.25) is 19.3 Å². The average molecular weight is 380 g/mol. The lowest BCUT2D eigenvalue weighted by Gasteiger charge is -2.18. The highest BCUT2D eigenvalue weighted by Crippen LogP contribution is 2.25. The Labute approximate surface area is 164 Å². The van der Waals surface area contributed by atoms with Crippen LogP contribution in [0.2, 0.25) is 0 Å². The van der Waals surface area contributed by atoms with E-state index < -0.39 is 0 Å². The summed E-state index contributed by atoms with van der Waals surface area (Å²) in [5.74, 6) is -0.0435. The third kappa shape index (κ3) is 3.76. The molecule has 1 heterocycles. The largest absolute Gasteiger partial charge is 0.497 e. The second kappa shape index (κ2) is 8.25. The monoisotopic (exact) mass is 380 g/mol. The maximum Gasteiger partial charge on any atom is 0.261 e. The van der Waals surface area contributed by atoms with E-state index in [2.05, 4.69) is 0 Å². The van der Waals surface area contributed by atoms with Gasteiger partial charge in [0.2, 0.25) is 0 Å². The van der Waals surface area contributed by atoms with E-state index in [4.69, 9.17) is 4.74 Å². The quantitative estimate of drug-likeness (QED) is 0.691. The lowest BCUT2D eigenvalue weighted by molar-refractivity contribution is 0.0652. The number of rotatable bonds is 7. The van der Waals surface area contributed by atoms with Crippen LogP contribution in [0, 0.1) is 0 Å². The molecule has 0 unspecified atom stereocenters. The summed E-state index contributed by atoms with van der Waals surface area (Å²) in [6.07, 6.45) is 1.66. The first-order valence-electron chi connectivity index (χ1n) is 9.35. The molecule has 1 aliphatic rings. The van der Waals surface area contributed by atoms with Crippen molar-refractivity contribution in [2.75, 3.05) is 20.7 Å². The first kappa shape index (κ1) is 19.6. The first-order valence-corrected chi connectivity index (χ1v) is 9.35. The van der Waals surface area contributed by atoms with Gasteiger partial charge in [-0.2, -0.15) is 0 Å². The van der Waals surface area contributed by atoms with Crippen LogP contribution in [0.3, 0.4) is 0 Å². The molecule has 0 aliphatic carbocycles. The van der Waals surface area contributed by atoms with Crippen molar-refractivity contribution in [1.29, 1.82) is 0 Å². The maximum atomic E-state index is 12.8. The number of imide groups is 1. The summed E-state index contributed by atoms with van der Waals surface area (Å²) < 4.78 is 5.14. The molecule has 3 rings (SSSR count). The number of unbranched alkanes of at least 4 members (excludes halogenated alkanes) is 1. The molecular weight excluding hydrogens is 356 g/mol. The van der Waals surface area contributed by atoms with Gasteiger partial charge in [0, 0.05) is 25.7 Å². The van der Waals surface area contributed by atoms with Crippen molar-refractivity contribution in [2.45, 2.75) is 26.3 Å². The molecule has 2 aromatic rings. The summed E-state index contributed by atoms with van der Waals surface area (Å²) >= 11 is 0. The van der Waals surface area contributed by atoms with Gasteiger partial charge in [-0.1, -0.05) is 25.5 Å². The predicted octanol–water partition coefficient (Wildman–Crippen LogP) is 3.36. The van der Waals surface area contributed by atoms with E-state index in [0.29, 0.717) is 29.8 Å². The topological polar surface area (TPSA) is 66.9 Å². The van der Waals surface area contributed by atoms with E-state index >= 15 is 0 Å². The summed E-state index contributed by atoms with van der Waals surface area (Å²) in [5, 5.41) is 0. The highest BCUT2D eigenvalue weighted by atomic mass is 16.5. The Balaban J connectivity index is 1.76. The fraction of sp³-hybridized carbons (Fsp3) is 0.318. The molecule has 146 valence electrons. The van der Waals surface area contributed by atoms with Crippen LogP contribution < -0.4 is 4.74 Å². The molecule has 0 atom stereocenters. The third-order valence-corrected chi connectivity index (χ3v) is 4.88. The molecule has 0 spiro atoms. The van der Waals surface area contributed by atoms with Gasteiger partial charge in [0.15, 0.2) is 0 Å². The molecular formula is C22H24N2O4. The molecule has 2 aromatic carbocycles. The summed E-state index contributed by atoms with van der Waals surface area (Å²) in [4.78, 5) is 40.7. The summed E-state index contributed by atoms with van der Waals surface area (Å²) in [6.45, 7) is 2.84. The highest BCUT2D eigenvalue weighted by molar-refractivity contribution is 6.22. The molecule has 0 saturated carbocycles. The summed E-state index contributed by atoms with van der Waals surface area (Å²) in [7, 11) is 3.31. The van der Waals surface area contributed by atoms with Crippen LogP contribution in [0.25, 0.3) is 0 Å². The van der Waals surface area contributed by atoms with E-state index in [0.717, 1.165) is 24.2 Å². The lowest BCUT2D eigenvalue weighted by atomic mass is 10.0. The van der Waals surface area contributed by atoms with E-state index in [9.17, 15) is 14.4 Å². The minimum Gasteiger partial charge on any atom is -0.497 e. The Kier molecular flexibility index (Phi) is 5.78. The van der Waals surface area contributed by atoms with Crippen LogP contribution in [0.1, 0.15) is 56.4 Å². The normalized spacial score (nSPS) is 12.9. The van der Waals surface area contributed by atoms with Crippen molar-refractivity contribution in [3.63, 3.8) is 0 Å². The Hall–Kier alpha value is -3.15. The zero-order valence-electron chi connectivity index (χ0n) is 16.4. The zero-order chi connectivity index (χ0) is 20.3. The number of carbonyl (C=O) groups is 3. The molecule has 6 heteroatoms. The van der Waals surface area contributed by atoms with Crippen LogP contribution in [-0.2, 0) is 6.54 Å². The molecule has 0 bridgehead atoms. The van der Waals surface area contributed by atoms with Gasteiger partial charge in [0.05, 0.1) is 18.2 Å². The Morgan fingerprint density at radius 2 is 1.71 bits per heavy atom. The van der Waals surface area contributed by atoms with Crippen molar-refractivity contribution < 1.29 is 19.1 Å². The Bertz CT molecular complexity index is 905. The fourth-order valence-electron chi connectivity index (χ4n) is 3.24. The number of amides is 3. The van der Waals surface area contributed by atoms with Crippen molar-refractivity contribution >= 4 is 17.7 Å². The Morgan fingerprint density at radius 1 is 1.04 bits per heavy atom. The van der Waals surface area contributed by atoms with E-state index in [1.165, 1.54) is 11.0 Å². The predicted molar refractivity (Wildman–Crippen MR) is 106 cm³/mol. The smallest absolute Gasteiger partial charge is 0.261 e. The van der Waals surface area contributed by atoms with Gasteiger partial charge in [0.1, 0.15) is 5.75 Å². The van der Waals surface area contributed by atoms with E-state index in [-0.39, 0.29) is 17.7 Å². The first-order chi connectivity index (χ1) is 13.5. The van der Waals surface area contributed by atoms with Crippen LogP contribution in [0.4, 0.5) is 0 Å². The van der Waals surface area contributed by atoms with E-state index in [1.54, 1.807) is 31.2 Å². The van der Waals surface area contributed by atoms with Gasteiger partial charge in [-0.25, -0.2) is 0 Å². The molecule has 0 radical (unpaired) electrons. The molecule has 28 heavy (non-hydrogen) atoms. The van der Waals surface area contributed by atoms with E-state index in [1.807, 2.05) is 31.2 Å². The highest BCUT2D eigenvalue weighted by Gasteiger charge is 2.35. The van der Waals surface area contributed by atoms with Crippen LogP contribution >= 0.6 is 0 Å². The maximum absolute atomic E-state index is 12.8. The standard InChI is InChI=1S/C22H24N2O4/c1-4-5-12-24-21(26)18-11-8-16(13-19(18)22(24)27)20(25)23(2)14-15-6-9-17(28-3)10-7-15/h6-11,13H,4-5,12,14H2,1-3H3. The second-order valence-electron chi connectivity index (χ2n) is 6.89. The minimum atomic E-state index is -0.319. The zero-order valence-corrected chi connectivity index (χ0v) is 16.4. The van der Waals surface area contributed by atoms with Gasteiger partial charge in [-0.15, -0.1) is 0 Å². The van der Waals surface area contributed by atoms with Gasteiger partial charge in [0.25, 0.3) is 17.7 Å². The number of fused-ring (bicyclic) bond motifs is 1. The number of hydrogen-bond acceptors (Lipinski definition) is 4. The SMILES string of the molecule is CCCCN1C(=O)c2ccc(C(=O)N(C)Cc3ccc(OC)cc3)cc2C1=O. The number of benzene rings is 2. The molecule has 0 aromatic heterocycles. The molecule has 0 fully saturated rings. The molecule has 3 amide bonds. The van der Waals surface area contributed by atoms with Crippen LogP contribution in [0.15, 0.2) is 42.5 Å².